The van der Waals surface area contributed by atoms with Gasteiger partial charge in [-0.05, 0) is 57.5 Å². The predicted molar refractivity (Wildman–Crippen MR) is 77.8 cm³/mol. The molecule has 110 valence electrons. The second-order valence-corrected chi connectivity index (χ2v) is 7.18. The molecule has 4 heteroatoms. The Hall–Kier alpha value is -0.610. The monoisotopic (exact) mass is 267 g/mol. The molecule has 1 aliphatic heterocycles. The lowest BCUT2D eigenvalue weighted by molar-refractivity contribution is -0.126. The molecule has 2 fully saturated rings. The van der Waals surface area contributed by atoms with Crippen LogP contribution in [-0.4, -0.2) is 42.5 Å². The average Bonchev–Trinajstić information content (AvgIpc) is 2.37. The SMILES string of the molecule is CNC1(C(N)=O)CCCC(N2CCCC(C)(C)C2)C1. The fourth-order valence-corrected chi connectivity index (χ4v) is 3.91. The third-order valence-corrected chi connectivity index (χ3v) is 5.12. The highest BCUT2D eigenvalue weighted by Crippen LogP contribution is 2.36. The van der Waals surface area contributed by atoms with E-state index in [4.69, 9.17) is 5.73 Å². The standard InChI is InChI=1S/C15H29N3O/c1-14(2)7-5-9-18(11-14)12-6-4-8-15(10-12,17-3)13(16)19/h12,17H,4-11H2,1-3H3,(H2,16,19). The largest absolute Gasteiger partial charge is 0.368 e. The second-order valence-electron chi connectivity index (χ2n) is 7.18. The summed E-state index contributed by atoms with van der Waals surface area (Å²) in [6.45, 7) is 7.02. The van der Waals surface area contributed by atoms with Crippen LogP contribution >= 0.6 is 0 Å². The van der Waals surface area contributed by atoms with Gasteiger partial charge in [0.2, 0.25) is 5.91 Å². The maximum Gasteiger partial charge on any atom is 0.237 e. The number of carbonyl (C=O) groups excluding carboxylic acids is 1. The average molecular weight is 267 g/mol. The smallest absolute Gasteiger partial charge is 0.237 e. The Balaban J connectivity index is 2.06. The van der Waals surface area contributed by atoms with Crippen molar-refractivity contribution in [3.05, 3.63) is 0 Å². The van der Waals surface area contributed by atoms with Crippen molar-refractivity contribution in [3.8, 4) is 0 Å². The van der Waals surface area contributed by atoms with Crippen molar-refractivity contribution in [1.29, 1.82) is 0 Å². The number of rotatable bonds is 3. The summed E-state index contributed by atoms with van der Waals surface area (Å²) in [5.74, 6) is -0.184. The molecule has 2 unspecified atom stereocenters. The molecule has 0 bridgehead atoms. The molecule has 1 saturated carbocycles. The number of primary amides is 1. The summed E-state index contributed by atoms with van der Waals surface area (Å²) < 4.78 is 0. The molecule has 2 aliphatic rings. The lowest BCUT2D eigenvalue weighted by Crippen LogP contribution is -2.60. The summed E-state index contributed by atoms with van der Waals surface area (Å²) in [6.07, 6.45) is 6.62. The first-order chi connectivity index (χ1) is 8.88. The fraction of sp³-hybridized carbons (Fsp3) is 0.933. The van der Waals surface area contributed by atoms with Crippen LogP contribution in [0.5, 0.6) is 0 Å². The number of nitrogens with zero attached hydrogens (tertiary/aromatic N) is 1. The van der Waals surface area contributed by atoms with E-state index >= 15 is 0 Å². The van der Waals surface area contributed by atoms with Gasteiger partial charge in [0.25, 0.3) is 0 Å². The van der Waals surface area contributed by atoms with E-state index in [1.165, 1.54) is 25.8 Å². The number of piperidine rings is 1. The van der Waals surface area contributed by atoms with Gasteiger partial charge in [-0.25, -0.2) is 0 Å². The van der Waals surface area contributed by atoms with E-state index in [0.29, 0.717) is 11.5 Å². The first-order valence-electron chi connectivity index (χ1n) is 7.61. The fourth-order valence-electron chi connectivity index (χ4n) is 3.91. The quantitative estimate of drug-likeness (QED) is 0.814. The molecule has 0 aromatic carbocycles. The van der Waals surface area contributed by atoms with Crippen molar-refractivity contribution in [1.82, 2.24) is 10.2 Å². The number of nitrogens with one attached hydrogen (secondary N) is 1. The predicted octanol–water partition coefficient (Wildman–Crippen LogP) is 1.49. The molecular weight excluding hydrogens is 238 g/mol. The Morgan fingerprint density at radius 1 is 1.32 bits per heavy atom. The molecule has 0 radical (unpaired) electrons. The first-order valence-corrected chi connectivity index (χ1v) is 7.61. The van der Waals surface area contributed by atoms with Gasteiger partial charge in [0.05, 0.1) is 5.54 Å². The van der Waals surface area contributed by atoms with Crippen LogP contribution in [0.1, 0.15) is 52.4 Å². The molecule has 0 spiro atoms. The summed E-state index contributed by atoms with van der Waals surface area (Å²) in [5, 5.41) is 3.21. The maximum atomic E-state index is 11.8. The number of hydrogen-bond donors (Lipinski definition) is 2. The normalized spacial score (nSPS) is 36.1. The Labute approximate surface area is 117 Å². The lowest BCUT2D eigenvalue weighted by Gasteiger charge is -2.47. The van der Waals surface area contributed by atoms with Crippen molar-refractivity contribution in [3.63, 3.8) is 0 Å². The summed E-state index contributed by atoms with van der Waals surface area (Å²) in [4.78, 5) is 14.4. The van der Waals surface area contributed by atoms with Gasteiger partial charge < -0.3 is 11.1 Å². The number of likely N-dealkylation sites (tertiary alicyclic amines) is 1. The molecule has 0 aromatic rings. The number of nitrogens with two attached hydrogens (primary N) is 1. The molecule has 1 aliphatic carbocycles. The maximum absolute atomic E-state index is 11.8. The number of likely N-dealkylation sites (N-methyl/N-ethyl adjacent to an activating group) is 1. The zero-order valence-electron chi connectivity index (χ0n) is 12.7. The molecule has 19 heavy (non-hydrogen) atoms. The van der Waals surface area contributed by atoms with E-state index in [0.717, 1.165) is 25.8 Å². The third-order valence-electron chi connectivity index (χ3n) is 5.12. The summed E-state index contributed by atoms with van der Waals surface area (Å²) in [5.41, 5.74) is 5.56. The van der Waals surface area contributed by atoms with E-state index in [9.17, 15) is 4.79 Å². The summed E-state index contributed by atoms with van der Waals surface area (Å²) in [7, 11) is 1.87. The highest BCUT2D eigenvalue weighted by molar-refractivity contribution is 5.84. The number of hydrogen-bond acceptors (Lipinski definition) is 3. The van der Waals surface area contributed by atoms with Crippen molar-refractivity contribution in [2.24, 2.45) is 11.1 Å². The molecule has 2 atom stereocenters. The van der Waals surface area contributed by atoms with E-state index < -0.39 is 5.54 Å². The van der Waals surface area contributed by atoms with Gasteiger partial charge in [-0.1, -0.05) is 13.8 Å². The van der Waals surface area contributed by atoms with Crippen molar-refractivity contribution < 1.29 is 4.79 Å². The zero-order chi connectivity index (χ0) is 14.1. The van der Waals surface area contributed by atoms with Gasteiger partial charge in [0, 0.05) is 12.6 Å². The lowest BCUT2D eigenvalue weighted by atomic mass is 9.76. The molecule has 1 heterocycles. The van der Waals surface area contributed by atoms with Crippen LogP contribution in [0.25, 0.3) is 0 Å². The van der Waals surface area contributed by atoms with E-state index in [2.05, 4.69) is 24.1 Å². The van der Waals surface area contributed by atoms with Crippen LogP contribution < -0.4 is 11.1 Å². The van der Waals surface area contributed by atoms with Crippen LogP contribution in [-0.2, 0) is 4.79 Å². The Morgan fingerprint density at radius 2 is 2.05 bits per heavy atom. The molecule has 2 rings (SSSR count). The molecule has 1 amide bonds. The number of carbonyl (C=O) groups is 1. The van der Waals surface area contributed by atoms with Crippen molar-refractivity contribution in [2.45, 2.75) is 64.0 Å². The summed E-state index contributed by atoms with van der Waals surface area (Å²) in [6, 6.07) is 0.508. The van der Waals surface area contributed by atoms with Crippen molar-refractivity contribution in [2.75, 3.05) is 20.1 Å². The van der Waals surface area contributed by atoms with Crippen LogP contribution in [0.15, 0.2) is 0 Å². The summed E-state index contributed by atoms with van der Waals surface area (Å²) >= 11 is 0. The Morgan fingerprint density at radius 3 is 2.63 bits per heavy atom. The minimum Gasteiger partial charge on any atom is -0.368 e. The topological polar surface area (TPSA) is 58.4 Å². The Bertz CT molecular complexity index is 342. The van der Waals surface area contributed by atoms with Crippen LogP contribution in [0.2, 0.25) is 0 Å². The molecule has 0 aromatic heterocycles. The van der Waals surface area contributed by atoms with Crippen LogP contribution in [0, 0.1) is 5.41 Å². The van der Waals surface area contributed by atoms with Crippen molar-refractivity contribution >= 4 is 5.91 Å². The molecule has 3 N–H and O–H groups in total. The van der Waals surface area contributed by atoms with Gasteiger partial charge in [0.1, 0.15) is 0 Å². The van der Waals surface area contributed by atoms with Gasteiger partial charge in [-0.15, -0.1) is 0 Å². The molecule has 4 nitrogen and oxygen atoms in total. The van der Waals surface area contributed by atoms with Gasteiger partial charge >= 0.3 is 0 Å². The molecule has 1 saturated heterocycles. The first kappa shape index (κ1) is 14.8. The van der Waals surface area contributed by atoms with E-state index in [1.807, 2.05) is 7.05 Å². The number of amides is 1. The third kappa shape index (κ3) is 3.11. The highest BCUT2D eigenvalue weighted by atomic mass is 16.1. The Kier molecular flexibility index (Phi) is 4.21. The van der Waals surface area contributed by atoms with Gasteiger partial charge in [-0.2, -0.15) is 0 Å². The molecular formula is C15H29N3O. The minimum absolute atomic E-state index is 0.184. The zero-order valence-corrected chi connectivity index (χ0v) is 12.7. The van der Waals surface area contributed by atoms with Crippen LogP contribution in [0.3, 0.4) is 0 Å². The highest BCUT2D eigenvalue weighted by Gasteiger charge is 2.43. The minimum atomic E-state index is -0.482. The van der Waals surface area contributed by atoms with E-state index in [1.54, 1.807) is 0 Å². The van der Waals surface area contributed by atoms with E-state index in [-0.39, 0.29) is 5.91 Å². The van der Waals surface area contributed by atoms with Crippen LogP contribution in [0.4, 0.5) is 0 Å². The second kappa shape index (κ2) is 5.41. The van der Waals surface area contributed by atoms with Gasteiger partial charge in [-0.3, -0.25) is 9.69 Å². The van der Waals surface area contributed by atoms with Gasteiger partial charge in [0.15, 0.2) is 0 Å².